The monoisotopic (exact) mass is 1550 g/mol. The van der Waals surface area contributed by atoms with Crippen molar-refractivity contribution in [2.75, 3.05) is 57.8 Å². The summed E-state index contributed by atoms with van der Waals surface area (Å²) in [7, 11) is 1.18. The Bertz CT molecular complexity index is 3470. The molecule has 2 aromatic carbocycles. The SMILES string of the molecule is CNC1CSc2c(F)c(F)c(c(F)c2F)-c2c(F)c(F)c(c(F)c2F)SCC(C(=O)CC(CCCN=C(N)N)C(=O)NC(CCCN=C(N)N)C(=O)CC(CCCN=C(N)N)C(=O)NCC(=O)C(C)C)NC(=O)C(CCCNC(N)N)CC(=O)C(CCCN=C(N)N)NC(=O)C(CCCCC(=N)N)NC1=O. The van der Waals surface area contributed by atoms with Crippen LogP contribution in [0.4, 0.5) is 35.1 Å². The zero-order chi connectivity index (χ0) is 79.7. The van der Waals surface area contributed by atoms with Crippen LogP contribution in [0.15, 0.2) is 29.8 Å². The van der Waals surface area contributed by atoms with Gasteiger partial charge in [0.05, 0.1) is 57.5 Å². The Kier molecular flexibility index (Phi) is 39.7. The maximum absolute atomic E-state index is 16.6. The van der Waals surface area contributed by atoms with Gasteiger partial charge in [-0.2, -0.15) is 0 Å². The Hall–Kier alpha value is -9.00. The van der Waals surface area contributed by atoms with Gasteiger partial charge in [-0.25, -0.2) is 35.1 Å². The number of Topliss-reactive ketones (excluding diaryl/α,β-unsaturated/α-hetero) is 4. The van der Waals surface area contributed by atoms with E-state index in [4.69, 9.17) is 68.5 Å². The third-order valence-corrected chi connectivity index (χ3v) is 18.9. The van der Waals surface area contributed by atoms with Gasteiger partial charge in [-0.3, -0.25) is 73.8 Å². The van der Waals surface area contributed by atoms with Crippen molar-refractivity contribution < 1.29 is 78.3 Å². The molecule has 30 N–H and O–H groups in total. The number of fused-ring (bicyclic) bond motifs is 2. The summed E-state index contributed by atoms with van der Waals surface area (Å²) in [5.41, 5.74) is 56.9. The summed E-state index contributed by atoms with van der Waals surface area (Å²) >= 11 is -0.256. The van der Waals surface area contributed by atoms with Gasteiger partial charge in [0.25, 0.3) is 0 Å². The minimum atomic E-state index is -2.61. The fraction of sp³-hybridized carbons (Fsp3) is 0.594. The standard InChI is InChI=1S/C64H99F8N23O9S2/c1-29(2)41(99)26-91-55(100)30(11-6-18-86-60(75)76)23-38(96)33(15-9-21-89-63(81)82)92-56(101)32(13-8-20-88-62(79)80)25-40(98)36-27-105-53-49(69)45(65)43(46(66)50(53)70)44-47(67)51(71)54(52(72)48(44)68)106-28-37(85-3)59(104)94-35(14-4-5-17-42(73)74)58(103)93-34(16-10-22-90-64(83)84)39(97)24-31(57(102)95-36)12-7-19-87-61(77)78/h29-37,61,85,87H,4-28,77-78H2,1-3H3,(H3,73,74)(H,91,100)(H,92,101)(H,93,103)(H,94,104)(H,95,102)(H4,75,76,86)(H4,79,80,88)(H4,81,82,89)(H4,83,84,90). The molecule has 8 atom stereocenters. The van der Waals surface area contributed by atoms with Crippen molar-refractivity contribution in [3.8, 4) is 11.1 Å². The summed E-state index contributed by atoms with van der Waals surface area (Å²) in [4.78, 5) is 142. The van der Waals surface area contributed by atoms with E-state index in [1.54, 1.807) is 13.8 Å². The molecule has 0 saturated carbocycles. The number of rotatable bonds is 39. The summed E-state index contributed by atoms with van der Waals surface area (Å²) in [5, 5.41) is 25.6. The van der Waals surface area contributed by atoms with Gasteiger partial charge in [0, 0.05) is 87.0 Å². The van der Waals surface area contributed by atoms with E-state index in [1.165, 1.54) is 7.05 Å². The third kappa shape index (κ3) is 30.5. The molecule has 3 aliphatic heterocycles. The summed E-state index contributed by atoms with van der Waals surface area (Å²) in [6.07, 6.45) is -4.58. The van der Waals surface area contributed by atoms with E-state index in [9.17, 15) is 33.6 Å². The van der Waals surface area contributed by atoms with E-state index in [1.807, 2.05) is 0 Å². The second kappa shape index (κ2) is 46.2. The second-order valence-electron chi connectivity index (χ2n) is 25.3. The number of amidine groups is 1. The first kappa shape index (κ1) is 91.2. The molecule has 2 aromatic rings. The van der Waals surface area contributed by atoms with Crippen LogP contribution >= 0.6 is 23.5 Å². The van der Waals surface area contributed by atoms with E-state index in [0.717, 1.165) is 0 Å². The summed E-state index contributed by atoms with van der Waals surface area (Å²) in [5.74, 6) is -36.4. The lowest BCUT2D eigenvalue weighted by molar-refractivity contribution is -0.136. The van der Waals surface area contributed by atoms with Gasteiger partial charge in [0.15, 0.2) is 93.5 Å². The molecule has 32 nitrogen and oxygen atoms in total. The molecule has 0 spiro atoms. The number of amides is 5. The number of likely N-dealkylation sites (N-methyl/N-ethyl adjacent to an activating group) is 1. The number of guanidine groups is 4. The first-order valence-electron chi connectivity index (χ1n) is 34.0. The van der Waals surface area contributed by atoms with Gasteiger partial charge in [0.1, 0.15) is 12.3 Å². The van der Waals surface area contributed by atoms with Crippen molar-refractivity contribution in [1.29, 1.82) is 5.41 Å². The van der Waals surface area contributed by atoms with E-state index >= 15 is 44.7 Å². The molecule has 5 rings (SSSR count). The van der Waals surface area contributed by atoms with Gasteiger partial charge in [0.2, 0.25) is 29.5 Å². The second-order valence-corrected chi connectivity index (χ2v) is 27.3. The summed E-state index contributed by atoms with van der Waals surface area (Å²) < 4.78 is 131. The number of nitrogens with one attached hydrogen (secondary N) is 8. The number of hydrogen-bond donors (Lipinski definition) is 19. The molecule has 0 aromatic heterocycles. The van der Waals surface area contributed by atoms with Gasteiger partial charge in [-0.1, -0.05) is 20.3 Å². The zero-order valence-corrected chi connectivity index (χ0v) is 60.7. The lowest BCUT2D eigenvalue weighted by Crippen LogP contribution is -2.55. The van der Waals surface area contributed by atoms with Gasteiger partial charge in [-0.15, -0.1) is 23.5 Å². The van der Waals surface area contributed by atoms with Crippen LogP contribution in [0.25, 0.3) is 11.1 Å². The van der Waals surface area contributed by atoms with Crippen LogP contribution in [0, 0.1) is 75.6 Å². The highest BCUT2D eigenvalue weighted by atomic mass is 32.2. The number of halogens is 8. The Balaban J connectivity index is 2.43. The van der Waals surface area contributed by atoms with Gasteiger partial charge in [-0.05, 0) is 90.6 Å². The smallest absolute Gasteiger partial charge is 0.243 e. The lowest BCUT2D eigenvalue weighted by Gasteiger charge is -2.27. The minimum absolute atomic E-state index is 0.000266. The van der Waals surface area contributed by atoms with Gasteiger partial charge >= 0.3 is 0 Å². The molecule has 0 radical (unpaired) electrons. The highest BCUT2D eigenvalue weighted by Crippen LogP contribution is 2.42. The van der Waals surface area contributed by atoms with Crippen LogP contribution in [0.1, 0.15) is 123 Å². The Morgan fingerprint density at radius 3 is 1.50 bits per heavy atom. The molecule has 0 aliphatic carbocycles. The molecule has 3 heterocycles. The Morgan fingerprint density at radius 2 is 1.02 bits per heavy atom. The molecular weight excluding hydrogens is 1450 g/mol. The highest BCUT2D eigenvalue weighted by Gasteiger charge is 2.39. The average molecular weight is 1550 g/mol. The van der Waals surface area contributed by atoms with Gasteiger partial charge < -0.3 is 95.0 Å². The molecule has 0 saturated heterocycles. The predicted octanol–water partition coefficient (Wildman–Crippen LogP) is -0.460. The van der Waals surface area contributed by atoms with E-state index in [0.29, 0.717) is 0 Å². The Labute approximate surface area is 615 Å². The number of aliphatic imine (C=N–C) groups is 4. The number of carbonyl (C=O) groups is 9. The van der Waals surface area contributed by atoms with Crippen LogP contribution in [0.5, 0.6) is 0 Å². The fourth-order valence-electron chi connectivity index (χ4n) is 10.8. The zero-order valence-electron chi connectivity index (χ0n) is 59.1. The first-order valence-corrected chi connectivity index (χ1v) is 35.9. The van der Waals surface area contributed by atoms with Crippen LogP contribution in [0.2, 0.25) is 0 Å². The molecule has 8 unspecified atom stereocenters. The lowest BCUT2D eigenvalue weighted by atomic mass is 9.89. The molecule has 106 heavy (non-hydrogen) atoms. The van der Waals surface area contributed by atoms with E-state index < -0.39 is 218 Å². The van der Waals surface area contributed by atoms with Crippen molar-refractivity contribution >= 4 is 106 Å². The predicted molar refractivity (Wildman–Crippen MR) is 385 cm³/mol. The topological polar surface area (TPSA) is 597 Å². The number of unbranched alkanes of at least 4 members (excludes halogenated alkanes) is 1. The minimum Gasteiger partial charge on any atom is -0.388 e. The summed E-state index contributed by atoms with van der Waals surface area (Å²) in [6.45, 7) is 2.37. The molecule has 5 amide bonds. The number of thioether (sulfide) groups is 2. The normalized spacial score (nSPS) is 17.7. The number of ketones is 4. The average Bonchev–Trinajstić information content (AvgIpc) is 0.751. The molecule has 0 fully saturated rings. The van der Waals surface area contributed by atoms with Crippen molar-refractivity contribution in [2.45, 2.75) is 169 Å². The molecular formula is C64H99F8N23O9S2. The quantitative estimate of drug-likeness (QED) is 0.0101. The van der Waals surface area contributed by atoms with Crippen molar-refractivity contribution in [1.82, 2.24) is 37.2 Å². The van der Waals surface area contributed by atoms with Crippen LogP contribution < -0.4 is 100 Å². The fourth-order valence-corrected chi connectivity index (χ4v) is 12.9. The molecule has 3 aliphatic rings. The number of carbonyl (C=O) groups excluding carboxylic acids is 9. The maximum Gasteiger partial charge on any atom is 0.243 e. The van der Waals surface area contributed by atoms with Crippen LogP contribution in [-0.4, -0.2) is 177 Å². The van der Waals surface area contributed by atoms with Crippen LogP contribution in [-0.2, 0) is 43.2 Å². The van der Waals surface area contributed by atoms with E-state index in [2.05, 4.69) is 57.2 Å². The molecule has 592 valence electrons. The number of benzene rings is 2. The number of nitrogens with zero attached hydrogens (tertiary/aromatic N) is 4. The molecule has 4 bridgehead atoms. The number of hydrogen-bond acceptors (Lipinski definition) is 20. The van der Waals surface area contributed by atoms with Crippen molar-refractivity contribution in [3.63, 3.8) is 0 Å². The highest BCUT2D eigenvalue weighted by molar-refractivity contribution is 7.99. The van der Waals surface area contributed by atoms with Crippen molar-refractivity contribution in [2.24, 2.45) is 107 Å². The first-order chi connectivity index (χ1) is 49.9. The number of nitrogens with two attached hydrogens (primary N) is 11. The van der Waals surface area contributed by atoms with E-state index in [-0.39, 0.29) is 176 Å². The molecule has 42 heteroatoms. The van der Waals surface area contributed by atoms with Crippen LogP contribution in [0.3, 0.4) is 0 Å². The summed E-state index contributed by atoms with van der Waals surface area (Å²) in [6, 6.07) is -8.39. The Morgan fingerprint density at radius 1 is 0.547 bits per heavy atom. The van der Waals surface area contributed by atoms with Crippen molar-refractivity contribution in [3.05, 3.63) is 46.5 Å². The maximum atomic E-state index is 16.6. The third-order valence-electron chi connectivity index (χ3n) is 16.6. The largest absolute Gasteiger partial charge is 0.388 e.